The van der Waals surface area contributed by atoms with E-state index in [2.05, 4.69) is 25.4 Å². The van der Waals surface area contributed by atoms with E-state index in [0.29, 0.717) is 23.9 Å². The molecule has 0 unspecified atom stereocenters. The van der Waals surface area contributed by atoms with Gasteiger partial charge in [-0.1, -0.05) is 30.3 Å². The van der Waals surface area contributed by atoms with Gasteiger partial charge in [0.25, 0.3) is 0 Å². The number of rotatable bonds is 7. The van der Waals surface area contributed by atoms with Crippen LogP contribution in [0.4, 0.5) is 27.4 Å². The van der Waals surface area contributed by atoms with Gasteiger partial charge in [-0.15, -0.1) is 0 Å². The van der Waals surface area contributed by atoms with Gasteiger partial charge in [0.1, 0.15) is 5.82 Å². The molecule has 1 amide bonds. The lowest BCUT2D eigenvalue weighted by atomic mass is 10.0. The zero-order chi connectivity index (χ0) is 25.8. The standard InChI is InChI=1S/C28H29FN6O2/c1-19(37)31-22-6-2-4-20(16-22)24-7-3-5-21-18-30-28(33-27(21)24)32-26-9-8-23(17-25(26)29)35-12-10-34(11-13-35)14-15-36/h2-9,16-18,36H,10-15H2,1H3,(H,31,37)(H,30,32,33). The molecule has 1 fully saturated rings. The van der Waals surface area contributed by atoms with Gasteiger partial charge in [0.05, 0.1) is 17.8 Å². The minimum atomic E-state index is -0.379. The lowest BCUT2D eigenvalue weighted by Crippen LogP contribution is -2.47. The maximum atomic E-state index is 15.1. The van der Waals surface area contributed by atoms with Crippen molar-refractivity contribution in [2.24, 2.45) is 0 Å². The third-order valence-corrected chi connectivity index (χ3v) is 6.46. The number of hydrogen-bond acceptors (Lipinski definition) is 7. The lowest BCUT2D eigenvalue weighted by molar-refractivity contribution is -0.114. The average Bonchev–Trinajstić information content (AvgIpc) is 2.90. The molecule has 1 aliphatic rings. The number of anilines is 4. The molecule has 0 atom stereocenters. The van der Waals surface area contributed by atoms with Crippen LogP contribution in [0.15, 0.2) is 66.9 Å². The van der Waals surface area contributed by atoms with Gasteiger partial charge in [0, 0.05) is 68.2 Å². The lowest BCUT2D eigenvalue weighted by Gasteiger charge is -2.35. The summed E-state index contributed by atoms with van der Waals surface area (Å²) in [6, 6.07) is 18.5. The van der Waals surface area contributed by atoms with Gasteiger partial charge in [0.15, 0.2) is 0 Å². The zero-order valence-electron chi connectivity index (χ0n) is 20.6. The van der Waals surface area contributed by atoms with Crippen molar-refractivity contribution >= 4 is 39.8 Å². The molecule has 0 spiro atoms. The monoisotopic (exact) mass is 500 g/mol. The molecule has 9 heteroatoms. The summed E-state index contributed by atoms with van der Waals surface area (Å²) in [6.45, 7) is 5.53. The van der Waals surface area contributed by atoms with E-state index in [9.17, 15) is 4.79 Å². The number of benzene rings is 3. The Balaban J connectivity index is 1.38. The van der Waals surface area contributed by atoms with Crippen LogP contribution in [0.2, 0.25) is 0 Å². The quantitative estimate of drug-likeness (QED) is 0.349. The third-order valence-electron chi connectivity index (χ3n) is 6.46. The fraction of sp³-hybridized carbons (Fsp3) is 0.250. The molecule has 0 radical (unpaired) electrons. The first-order chi connectivity index (χ1) is 18.0. The van der Waals surface area contributed by atoms with E-state index in [4.69, 9.17) is 10.1 Å². The molecule has 1 saturated heterocycles. The molecule has 1 aliphatic heterocycles. The molecule has 4 aromatic rings. The number of amides is 1. The molecular weight excluding hydrogens is 471 g/mol. The van der Waals surface area contributed by atoms with E-state index in [1.165, 1.54) is 13.0 Å². The number of carbonyl (C=O) groups excluding carboxylic acids is 1. The van der Waals surface area contributed by atoms with Crippen LogP contribution in [0.25, 0.3) is 22.0 Å². The molecule has 2 heterocycles. The number of carbonyl (C=O) groups is 1. The molecular formula is C28H29FN6O2. The smallest absolute Gasteiger partial charge is 0.227 e. The van der Waals surface area contributed by atoms with Gasteiger partial charge in [0.2, 0.25) is 11.9 Å². The SMILES string of the molecule is CC(=O)Nc1cccc(-c2cccc3cnc(Nc4ccc(N5CCN(CCO)CC5)cc4F)nc23)c1. The van der Waals surface area contributed by atoms with Gasteiger partial charge in [-0.3, -0.25) is 9.69 Å². The molecule has 0 bridgehead atoms. The van der Waals surface area contributed by atoms with E-state index >= 15 is 4.39 Å². The van der Waals surface area contributed by atoms with Crippen molar-refractivity contribution in [1.29, 1.82) is 0 Å². The second-order valence-corrected chi connectivity index (χ2v) is 9.04. The number of aliphatic hydroxyl groups excluding tert-OH is 1. The summed E-state index contributed by atoms with van der Waals surface area (Å²) < 4.78 is 15.1. The molecule has 8 nitrogen and oxygen atoms in total. The van der Waals surface area contributed by atoms with E-state index in [-0.39, 0.29) is 18.3 Å². The van der Waals surface area contributed by atoms with Crippen LogP contribution in [0.5, 0.6) is 0 Å². The van der Waals surface area contributed by atoms with Crippen molar-refractivity contribution in [2.45, 2.75) is 6.92 Å². The Labute approximate surface area is 214 Å². The number of para-hydroxylation sites is 1. The predicted molar refractivity (Wildman–Crippen MR) is 145 cm³/mol. The van der Waals surface area contributed by atoms with E-state index < -0.39 is 0 Å². The third kappa shape index (κ3) is 5.68. The Hall–Kier alpha value is -4.08. The predicted octanol–water partition coefficient (Wildman–Crippen LogP) is 4.25. The average molecular weight is 501 g/mol. The van der Waals surface area contributed by atoms with Crippen LogP contribution in [0, 0.1) is 5.82 Å². The summed E-state index contributed by atoms with van der Waals surface area (Å²) in [5, 5.41) is 15.8. The topological polar surface area (TPSA) is 93.6 Å². The maximum absolute atomic E-state index is 15.1. The van der Waals surface area contributed by atoms with Crippen LogP contribution >= 0.6 is 0 Å². The van der Waals surface area contributed by atoms with Crippen molar-refractivity contribution in [3.63, 3.8) is 0 Å². The first-order valence-corrected chi connectivity index (χ1v) is 12.3. The van der Waals surface area contributed by atoms with Crippen molar-refractivity contribution in [1.82, 2.24) is 14.9 Å². The number of piperazine rings is 1. The largest absolute Gasteiger partial charge is 0.395 e. The highest BCUT2D eigenvalue weighted by Gasteiger charge is 2.18. The summed E-state index contributed by atoms with van der Waals surface area (Å²) in [5.74, 6) is -0.224. The molecule has 3 N–H and O–H groups in total. The Morgan fingerprint density at radius 3 is 2.62 bits per heavy atom. The normalized spacial score (nSPS) is 14.1. The number of hydrogen-bond donors (Lipinski definition) is 3. The highest BCUT2D eigenvalue weighted by Crippen LogP contribution is 2.30. The van der Waals surface area contributed by atoms with Crippen molar-refractivity contribution in [2.75, 3.05) is 54.9 Å². The summed E-state index contributed by atoms with van der Waals surface area (Å²) >= 11 is 0. The minimum absolute atomic E-state index is 0.138. The van der Waals surface area contributed by atoms with E-state index in [0.717, 1.165) is 53.9 Å². The fourth-order valence-electron chi connectivity index (χ4n) is 4.61. The Bertz CT molecular complexity index is 1420. The Morgan fingerprint density at radius 1 is 1.05 bits per heavy atom. The summed E-state index contributed by atoms with van der Waals surface area (Å²) in [5.41, 5.74) is 4.33. The molecule has 3 aromatic carbocycles. The number of nitrogens with one attached hydrogen (secondary N) is 2. The fourth-order valence-corrected chi connectivity index (χ4v) is 4.61. The Kier molecular flexibility index (Phi) is 7.25. The molecule has 5 rings (SSSR count). The minimum Gasteiger partial charge on any atom is -0.395 e. The molecule has 1 aromatic heterocycles. The van der Waals surface area contributed by atoms with Gasteiger partial charge in [-0.25, -0.2) is 14.4 Å². The highest BCUT2D eigenvalue weighted by atomic mass is 19.1. The number of nitrogens with zero attached hydrogens (tertiary/aromatic N) is 4. The van der Waals surface area contributed by atoms with Crippen molar-refractivity contribution in [3.05, 3.63) is 72.7 Å². The van der Waals surface area contributed by atoms with Crippen LogP contribution in [0.3, 0.4) is 0 Å². The van der Waals surface area contributed by atoms with Crippen molar-refractivity contribution < 1.29 is 14.3 Å². The van der Waals surface area contributed by atoms with Crippen LogP contribution in [-0.4, -0.2) is 65.2 Å². The molecule has 0 saturated carbocycles. The second-order valence-electron chi connectivity index (χ2n) is 9.04. The van der Waals surface area contributed by atoms with Gasteiger partial charge >= 0.3 is 0 Å². The number of fused-ring (bicyclic) bond motifs is 1. The van der Waals surface area contributed by atoms with Gasteiger partial charge in [-0.2, -0.15) is 0 Å². The highest BCUT2D eigenvalue weighted by molar-refractivity contribution is 5.95. The Morgan fingerprint density at radius 2 is 1.86 bits per heavy atom. The van der Waals surface area contributed by atoms with Crippen LogP contribution < -0.4 is 15.5 Å². The summed E-state index contributed by atoms with van der Waals surface area (Å²) in [4.78, 5) is 24.9. The molecule has 0 aliphatic carbocycles. The molecule has 190 valence electrons. The number of β-amino-alcohol motifs (C(OH)–C–C–N with tert-alkyl or cyclic N) is 1. The molecule has 37 heavy (non-hydrogen) atoms. The first kappa shape index (κ1) is 24.6. The van der Waals surface area contributed by atoms with Gasteiger partial charge in [-0.05, 0) is 35.9 Å². The second kappa shape index (κ2) is 10.9. The van der Waals surface area contributed by atoms with E-state index in [1.807, 2.05) is 48.5 Å². The number of aromatic nitrogens is 2. The van der Waals surface area contributed by atoms with Crippen LogP contribution in [-0.2, 0) is 4.79 Å². The van der Waals surface area contributed by atoms with E-state index in [1.54, 1.807) is 12.3 Å². The zero-order valence-corrected chi connectivity index (χ0v) is 20.6. The van der Waals surface area contributed by atoms with Crippen molar-refractivity contribution in [3.8, 4) is 11.1 Å². The summed E-state index contributed by atoms with van der Waals surface area (Å²) in [6.07, 6.45) is 1.71. The van der Waals surface area contributed by atoms with Gasteiger partial charge < -0.3 is 20.6 Å². The maximum Gasteiger partial charge on any atom is 0.227 e. The number of halogens is 1. The first-order valence-electron chi connectivity index (χ1n) is 12.3. The number of aliphatic hydroxyl groups is 1. The van der Waals surface area contributed by atoms with Crippen LogP contribution in [0.1, 0.15) is 6.92 Å². The summed E-state index contributed by atoms with van der Waals surface area (Å²) in [7, 11) is 0.